The van der Waals surface area contributed by atoms with Gasteiger partial charge in [0.1, 0.15) is 5.69 Å². The second kappa shape index (κ2) is 4.18. The van der Waals surface area contributed by atoms with Crippen LogP contribution in [0.5, 0.6) is 0 Å². The zero-order valence-corrected chi connectivity index (χ0v) is 9.27. The molecule has 0 bridgehead atoms. The minimum absolute atomic E-state index is 0.122. The third kappa shape index (κ3) is 2.11. The number of rotatable bonds is 2. The van der Waals surface area contributed by atoms with Crippen LogP contribution in [0.25, 0.3) is 0 Å². The molecule has 0 atom stereocenters. The molecular formula is C12H13N3O. The minimum Gasteiger partial charge on any atom is -0.346 e. The van der Waals surface area contributed by atoms with E-state index in [1.54, 1.807) is 29.1 Å². The molecule has 2 aromatic heterocycles. The number of hydrogen-bond acceptors (Lipinski definition) is 2. The van der Waals surface area contributed by atoms with Crippen LogP contribution in [0, 0.1) is 6.92 Å². The molecule has 0 saturated carbocycles. The van der Waals surface area contributed by atoms with Crippen molar-refractivity contribution in [3.8, 4) is 0 Å². The molecule has 2 heterocycles. The molecule has 82 valence electrons. The largest absolute Gasteiger partial charge is 0.346 e. The van der Waals surface area contributed by atoms with E-state index in [0.29, 0.717) is 11.4 Å². The van der Waals surface area contributed by atoms with Crippen molar-refractivity contribution in [1.82, 2.24) is 9.55 Å². The van der Waals surface area contributed by atoms with Crippen LogP contribution in [0.2, 0.25) is 0 Å². The normalized spacial score (nSPS) is 10.1. The fourth-order valence-electron chi connectivity index (χ4n) is 1.59. The summed E-state index contributed by atoms with van der Waals surface area (Å²) in [6, 6.07) is 5.44. The molecular weight excluding hydrogens is 202 g/mol. The van der Waals surface area contributed by atoms with Gasteiger partial charge in [0, 0.05) is 19.4 Å². The summed E-state index contributed by atoms with van der Waals surface area (Å²) in [6.45, 7) is 1.96. The summed E-state index contributed by atoms with van der Waals surface area (Å²) in [7, 11) is 1.85. The van der Waals surface area contributed by atoms with Crippen molar-refractivity contribution >= 4 is 11.6 Å². The molecule has 2 aromatic rings. The number of hydrogen-bond donors (Lipinski definition) is 1. The maximum absolute atomic E-state index is 11.9. The van der Waals surface area contributed by atoms with Gasteiger partial charge in [-0.3, -0.25) is 9.78 Å². The van der Waals surface area contributed by atoms with Gasteiger partial charge in [0.2, 0.25) is 0 Å². The van der Waals surface area contributed by atoms with Gasteiger partial charge in [-0.25, -0.2) is 0 Å². The number of nitrogens with zero attached hydrogens (tertiary/aromatic N) is 2. The Kier molecular flexibility index (Phi) is 2.72. The Morgan fingerprint density at radius 2 is 2.31 bits per heavy atom. The van der Waals surface area contributed by atoms with Crippen LogP contribution in [0.15, 0.2) is 36.8 Å². The Balaban J connectivity index is 2.18. The zero-order chi connectivity index (χ0) is 11.5. The number of aryl methyl sites for hydroxylation is 2. The van der Waals surface area contributed by atoms with Gasteiger partial charge in [-0.1, -0.05) is 0 Å². The molecule has 0 radical (unpaired) electrons. The van der Waals surface area contributed by atoms with Crippen LogP contribution in [-0.2, 0) is 7.05 Å². The molecule has 0 aliphatic rings. The van der Waals surface area contributed by atoms with E-state index < -0.39 is 0 Å². The predicted octanol–water partition coefficient (Wildman–Crippen LogP) is 1.98. The molecule has 1 N–H and O–H groups in total. The van der Waals surface area contributed by atoms with E-state index in [0.717, 1.165) is 5.56 Å². The molecule has 0 fully saturated rings. The summed E-state index contributed by atoms with van der Waals surface area (Å²) in [5.74, 6) is -0.122. The van der Waals surface area contributed by atoms with Crippen molar-refractivity contribution in [3.63, 3.8) is 0 Å². The van der Waals surface area contributed by atoms with E-state index in [4.69, 9.17) is 0 Å². The highest BCUT2D eigenvalue weighted by molar-refractivity contribution is 6.03. The smallest absolute Gasteiger partial charge is 0.272 e. The first kappa shape index (κ1) is 10.4. The fraction of sp³-hybridized carbons (Fsp3) is 0.167. The molecule has 0 unspecified atom stereocenters. The SMILES string of the molecule is Cc1cc(C(=O)Nc2cccnc2)n(C)c1. The van der Waals surface area contributed by atoms with E-state index in [2.05, 4.69) is 10.3 Å². The zero-order valence-electron chi connectivity index (χ0n) is 9.27. The van der Waals surface area contributed by atoms with Crippen molar-refractivity contribution in [1.29, 1.82) is 0 Å². The van der Waals surface area contributed by atoms with Crippen molar-refractivity contribution in [2.75, 3.05) is 5.32 Å². The Hall–Kier alpha value is -2.10. The lowest BCUT2D eigenvalue weighted by molar-refractivity contribution is 0.101. The molecule has 1 amide bonds. The number of pyridine rings is 1. The van der Waals surface area contributed by atoms with Gasteiger partial charge in [-0.05, 0) is 30.7 Å². The monoisotopic (exact) mass is 215 g/mol. The van der Waals surface area contributed by atoms with Gasteiger partial charge in [-0.15, -0.1) is 0 Å². The Bertz CT molecular complexity index is 502. The van der Waals surface area contributed by atoms with Crippen molar-refractivity contribution < 1.29 is 4.79 Å². The number of nitrogens with one attached hydrogen (secondary N) is 1. The molecule has 0 saturated heterocycles. The Morgan fingerprint density at radius 3 is 2.88 bits per heavy atom. The highest BCUT2D eigenvalue weighted by Crippen LogP contribution is 2.09. The van der Waals surface area contributed by atoms with Crippen LogP contribution in [0.4, 0.5) is 5.69 Å². The van der Waals surface area contributed by atoms with E-state index in [1.165, 1.54) is 0 Å². The van der Waals surface area contributed by atoms with Crippen LogP contribution in [0.3, 0.4) is 0 Å². The summed E-state index contributed by atoms with van der Waals surface area (Å²) in [4.78, 5) is 15.8. The number of carbonyl (C=O) groups is 1. The maximum atomic E-state index is 11.9. The van der Waals surface area contributed by atoms with Gasteiger partial charge >= 0.3 is 0 Å². The quantitative estimate of drug-likeness (QED) is 0.832. The van der Waals surface area contributed by atoms with Crippen LogP contribution < -0.4 is 5.32 Å². The first-order valence-electron chi connectivity index (χ1n) is 5.01. The number of carbonyl (C=O) groups excluding carboxylic acids is 1. The van der Waals surface area contributed by atoms with Gasteiger partial charge in [0.05, 0.1) is 11.9 Å². The lowest BCUT2D eigenvalue weighted by Crippen LogP contribution is -2.15. The Labute approximate surface area is 93.9 Å². The molecule has 0 spiro atoms. The predicted molar refractivity (Wildman–Crippen MR) is 62.3 cm³/mol. The molecule has 2 rings (SSSR count). The van der Waals surface area contributed by atoms with E-state index in [9.17, 15) is 4.79 Å². The molecule has 0 aliphatic heterocycles. The second-order valence-corrected chi connectivity index (χ2v) is 3.71. The molecule has 16 heavy (non-hydrogen) atoms. The summed E-state index contributed by atoms with van der Waals surface area (Å²) in [5.41, 5.74) is 2.41. The number of amides is 1. The van der Waals surface area contributed by atoms with Crippen LogP contribution >= 0.6 is 0 Å². The van der Waals surface area contributed by atoms with Crippen LogP contribution in [0.1, 0.15) is 16.1 Å². The highest BCUT2D eigenvalue weighted by Gasteiger charge is 2.10. The number of aromatic nitrogens is 2. The highest BCUT2D eigenvalue weighted by atomic mass is 16.1. The average molecular weight is 215 g/mol. The minimum atomic E-state index is -0.122. The van der Waals surface area contributed by atoms with Gasteiger partial charge in [0.25, 0.3) is 5.91 Å². The Morgan fingerprint density at radius 1 is 1.50 bits per heavy atom. The lowest BCUT2D eigenvalue weighted by atomic mass is 10.3. The first-order chi connectivity index (χ1) is 7.66. The maximum Gasteiger partial charge on any atom is 0.272 e. The van der Waals surface area contributed by atoms with Gasteiger partial charge in [0.15, 0.2) is 0 Å². The first-order valence-corrected chi connectivity index (χ1v) is 5.01. The van der Waals surface area contributed by atoms with Crippen molar-refractivity contribution in [3.05, 3.63) is 48.0 Å². The third-order valence-electron chi connectivity index (χ3n) is 2.29. The van der Waals surface area contributed by atoms with Crippen molar-refractivity contribution in [2.45, 2.75) is 6.92 Å². The fourth-order valence-corrected chi connectivity index (χ4v) is 1.59. The van der Waals surface area contributed by atoms with Gasteiger partial charge in [-0.2, -0.15) is 0 Å². The van der Waals surface area contributed by atoms with Crippen LogP contribution in [-0.4, -0.2) is 15.5 Å². The molecule has 0 aromatic carbocycles. The summed E-state index contributed by atoms with van der Waals surface area (Å²) in [6.07, 6.45) is 5.20. The lowest BCUT2D eigenvalue weighted by Gasteiger charge is -2.04. The van der Waals surface area contributed by atoms with Gasteiger partial charge < -0.3 is 9.88 Å². The van der Waals surface area contributed by atoms with Crippen molar-refractivity contribution in [2.24, 2.45) is 7.05 Å². The van der Waals surface area contributed by atoms with E-state index in [-0.39, 0.29) is 5.91 Å². The summed E-state index contributed by atoms with van der Waals surface area (Å²) in [5, 5.41) is 2.79. The molecule has 4 nitrogen and oxygen atoms in total. The summed E-state index contributed by atoms with van der Waals surface area (Å²) < 4.78 is 1.81. The standard InChI is InChI=1S/C12H13N3O/c1-9-6-11(15(2)8-9)12(16)14-10-4-3-5-13-7-10/h3-8H,1-2H3,(H,14,16). The van der Waals surface area contributed by atoms with E-state index in [1.807, 2.05) is 26.2 Å². The second-order valence-electron chi connectivity index (χ2n) is 3.71. The average Bonchev–Trinajstić information content (AvgIpc) is 2.59. The third-order valence-corrected chi connectivity index (χ3v) is 2.29. The molecule has 4 heteroatoms. The topological polar surface area (TPSA) is 46.9 Å². The summed E-state index contributed by atoms with van der Waals surface area (Å²) >= 11 is 0. The van der Waals surface area contributed by atoms with E-state index >= 15 is 0 Å². The number of anilines is 1. The molecule has 0 aliphatic carbocycles.